The number of fused-ring (bicyclic) bond motifs is 1. The Bertz CT molecular complexity index is 1200. The van der Waals surface area contributed by atoms with Gasteiger partial charge in [0.05, 0.1) is 12.8 Å². The first-order chi connectivity index (χ1) is 16.1. The molecule has 2 aliphatic rings. The number of sulfonamides is 1. The van der Waals surface area contributed by atoms with Gasteiger partial charge in [0.25, 0.3) is 5.91 Å². The molecule has 34 heavy (non-hydrogen) atoms. The lowest BCUT2D eigenvalue weighted by atomic mass is 9.94. The van der Waals surface area contributed by atoms with E-state index in [4.69, 9.17) is 9.47 Å². The van der Waals surface area contributed by atoms with Gasteiger partial charge in [0, 0.05) is 24.8 Å². The van der Waals surface area contributed by atoms with Crippen LogP contribution in [0.2, 0.25) is 0 Å². The zero-order valence-corrected chi connectivity index (χ0v) is 19.8. The van der Waals surface area contributed by atoms with E-state index in [2.05, 4.69) is 5.32 Å². The van der Waals surface area contributed by atoms with Crippen LogP contribution in [0.25, 0.3) is 0 Å². The first kappa shape index (κ1) is 23.8. The van der Waals surface area contributed by atoms with Crippen molar-refractivity contribution in [3.63, 3.8) is 0 Å². The molecular weight excluding hydrogens is 462 g/mol. The van der Waals surface area contributed by atoms with E-state index in [9.17, 15) is 23.1 Å². The molecule has 2 heterocycles. The van der Waals surface area contributed by atoms with Crippen molar-refractivity contribution < 1.29 is 32.6 Å². The second-order valence-corrected chi connectivity index (χ2v) is 10.6. The van der Waals surface area contributed by atoms with E-state index in [0.29, 0.717) is 36.8 Å². The summed E-state index contributed by atoms with van der Waals surface area (Å²) in [7, 11) is -3.70. The lowest BCUT2D eigenvalue weighted by Gasteiger charge is -2.46. The number of nitrogens with one attached hydrogen (secondary N) is 1. The molecular formula is C23H27N3O7S. The molecule has 2 aliphatic heterocycles. The summed E-state index contributed by atoms with van der Waals surface area (Å²) in [5.41, 5.74) is -0.147. The third-order valence-electron chi connectivity index (χ3n) is 6.01. The number of phenolic OH excluding ortho intramolecular Hbond substituents is 1. The molecule has 0 bridgehead atoms. The van der Waals surface area contributed by atoms with E-state index < -0.39 is 27.4 Å². The number of amides is 2. The lowest BCUT2D eigenvalue weighted by molar-refractivity contribution is -0.150. The normalized spacial score (nSPS) is 20.8. The molecule has 0 radical (unpaired) electrons. The number of phenols is 1. The van der Waals surface area contributed by atoms with Crippen molar-refractivity contribution in [3.05, 3.63) is 48.0 Å². The second-order valence-electron chi connectivity index (χ2n) is 8.58. The Balaban J connectivity index is 1.59. The summed E-state index contributed by atoms with van der Waals surface area (Å²) >= 11 is 0. The van der Waals surface area contributed by atoms with Gasteiger partial charge in [-0.3, -0.25) is 9.59 Å². The van der Waals surface area contributed by atoms with Gasteiger partial charge in [0.2, 0.25) is 15.9 Å². The number of piperazine rings is 1. The summed E-state index contributed by atoms with van der Waals surface area (Å²) in [6.07, 6.45) is 1.45. The number of benzene rings is 2. The summed E-state index contributed by atoms with van der Waals surface area (Å²) in [5, 5.41) is 12.3. The average Bonchev–Trinajstić information content (AvgIpc) is 2.79. The van der Waals surface area contributed by atoms with Gasteiger partial charge >= 0.3 is 0 Å². The van der Waals surface area contributed by atoms with Gasteiger partial charge < -0.3 is 24.8 Å². The van der Waals surface area contributed by atoms with Gasteiger partial charge in [-0.15, -0.1) is 0 Å². The van der Waals surface area contributed by atoms with Crippen molar-refractivity contribution in [3.8, 4) is 17.2 Å². The molecule has 1 saturated heterocycles. The predicted octanol–water partition coefficient (Wildman–Crippen LogP) is 1.21. The fourth-order valence-corrected chi connectivity index (χ4v) is 4.92. The standard InChI is InChI=1S/C23H27N3O7S/c1-23(22(29)24-17-5-8-19-20(13-17)33-12-11-32-19)15-25(34(2,30)31)14-21(28)26(23)10-9-16-3-6-18(27)7-4-16/h3-8,13,27H,9-12,14-15H2,1-2H3,(H,24,29). The van der Waals surface area contributed by atoms with E-state index in [0.717, 1.165) is 16.1 Å². The van der Waals surface area contributed by atoms with Crippen molar-refractivity contribution in [2.75, 3.05) is 44.4 Å². The average molecular weight is 490 g/mol. The smallest absolute Gasteiger partial charge is 0.251 e. The third kappa shape index (κ3) is 4.95. The Labute approximate surface area is 198 Å². The van der Waals surface area contributed by atoms with Crippen LogP contribution >= 0.6 is 0 Å². The molecule has 1 unspecified atom stereocenters. The fraction of sp³-hybridized carbons (Fsp3) is 0.391. The van der Waals surface area contributed by atoms with E-state index in [1.54, 1.807) is 49.4 Å². The van der Waals surface area contributed by atoms with E-state index in [-0.39, 0.29) is 25.4 Å². The van der Waals surface area contributed by atoms with Crippen LogP contribution in [0.15, 0.2) is 42.5 Å². The molecule has 2 N–H and O–H groups in total. The first-order valence-corrected chi connectivity index (χ1v) is 12.7. The van der Waals surface area contributed by atoms with Crippen molar-refractivity contribution in [2.24, 2.45) is 0 Å². The molecule has 0 aliphatic carbocycles. The molecule has 10 nitrogen and oxygen atoms in total. The molecule has 11 heteroatoms. The molecule has 1 fully saturated rings. The molecule has 4 rings (SSSR count). The zero-order valence-electron chi connectivity index (χ0n) is 19.0. The highest BCUT2D eigenvalue weighted by Gasteiger charge is 2.49. The van der Waals surface area contributed by atoms with Gasteiger partial charge in [0.15, 0.2) is 11.5 Å². The number of hydrogen-bond acceptors (Lipinski definition) is 7. The molecule has 2 aromatic carbocycles. The number of aromatic hydroxyl groups is 1. The maximum absolute atomic E-state index is 13.5. The van der Waals surface area contributed by atoms with Crippen molar-refractivity contribution >= 4 is 27.5 Å². The van der Waals surface area contributed by atoms with Crippen LogP contribution in [0.5, 0.6) is 17.2 Å². The summed E-state index contributed by atoms with van der Waals surface area (Å²) in [6.45, 7) is 2.09. The Morgan fingerprint density at radius 1 is 1.12 bits per heavy atom. The minimum Gasteiger partial charge on any atom is -0.508 e. The number of nitrogens with zero attached hydrogens (tertiary/aromatic N) is 2. The number of rotatable bonds is 6. The third-order valence-corrected chi connectivity index (χ3v) is 7.21. The van der Waals surface area contributed by atoms with Gasteiger partial charge in [-0.2, -0.15) is 4.31 Å². The summed E-state index contributed by atoms with van der Waals surface area (Å²) < 4.78 is 36.6. The maximum atomic E-state index is 13.5. The highest BCUT2D eigenvalue weighted by Crippen LogP contribution is 2.33. The molecule has 182 valence electrons. The molecule has 1 atom stereocenters. The van der Waals surface area contributed by atoms with Crippen molar-refractivity contribution in [2.45, 2.75) is 18.9 Å². The van der Waals surface area contributed by atoms with Crippen LogP contribution in [-0.2, 0) is 26.0 Å². The van der Waals surface area contributed by atoms with Gasteiger partial charge in [-0.25, -0.2) is 8.42 Å². The summed E-state index contributed by atoms with van der Waals surface area (Å²) in [5.74, 6) is 0.218. The summed E-state index contributed by atoms with van der Waals surface area (Å²) in [6, 6.07) is 11.5. The van der Waals surface area contributed by atoms with Crippen LogP contribution < -0.4 is 14.8 Å². The van der Waals surface area contributed by atoms with Gasteiger partial charge in [-0.1, -0.05) is 12.1 Å². The topological polar surface area (TPSA) is 125 Å². The van der Waals surface area contributed by atoms with Crippen molar-refractivity contribution in [1.29, 1.82) is 0 Å². The maximum Gasteiger partial charge on any atom is 0.251 e. The molecule has 0 aromatic heterocycles. The molecule has 2 amide bonds. The first-order valence-electron chi connectivity index (χ1n) is 10.8. The van der Waals surface area contributed by atoms with Crippen molar-refractivity contribution in [1.82, 2.24) is 9.21 Å². The molecule has 0 saturated carbocycles. The highest BCUT2D eigenvalue weighted by molar-refractivity contribution is 7.88. The number of hydrogen-bond donors (Lipinski definition) is 2. The molecule has 2 aromatic rings. The highest BCUT2D eigenvalue weighted by atomic mass is 32.2. The van der Waals surface area contributed by atoms with Gasteiger partial charge in [-0.05, 0) is 43.2 Å². The van der Waals surface area contributed by atoms with Crippen LogP contribution in [0.1, 0.15) is 12.5 Å². The van der Waals surface area contributed by atoms with E-state index in [1.807, 2.05) is 0 Å². The Hall–Kier alpha value is -3.31. The van der Waals surface area contributed by atoms with Crippen LogP contribution in [0.4, 0.5) is 5.69 Å². The fourth-order valence-electron chi connectivity index (χ4n) is 4.09. The molecule has 0 spiro atoms. The Kier molecular flexibility index (Phi) is 6.41. The van der Waals surface area contributed by atoms with Crippen LogP contribution in [0.3, 0.4) is 0 Å². The number of carbonyl (C=O) groups excluding carboxylic acids is 2. The monoisotopic (exact) mass is 489 g/mol. The van der Waals surface area contributed by atoms with Crippen LogP contribution in [0, 0.1) is 0 Å². The minimum atomic E-state index is -3.70. The second kappa shape index (κ2) is 9.15. The minimum absolute atomic E-state index is 0.130. The van der Waals surface area contributed by atoms with E-state index >= 15 is 0 Å². The predicted molar refractivity (Wildman–Crippen MR) is 124 cm³/mol. The lowest BCUT2D eigenvalue weighted by Crippen LogP contribution is -2.69. The quantitative estimate of drug-likeness (QED) is 0.625. The Morgan fingerprint density at radius 3 is 2.47 bits per heavy atom. The number of carbonyl (C=O) groups is 2. The van der Waals surface area contributed by atoms with E-state index in [1.165, 1.54) is 4.90 Å². The number of ether oxygens (including phenoxy) is 2. The SMILES string of the molecule is CC1(C(=O)Nc2ccc3c(c2)OCCO3)CN(S(C)(=O)=O)CC(=O)N1CCc1ccc(O)cc1. The zero-order chi connectivity index (χ0) is 24.5. The summed E-state index contributed by atoms with van der Waals surface area (Å²) in [4.78, 5) is 28.0. The van der Waals surface area contributed by atoms with Gasteiger partial charge in [0.1, 0.15) is 24.5 Å². The number of anilines is 1. The largest absolute Gasteiger partial charge is 0.508 e. The Morgan fingerprint density at radius 2 is 1.79 bits per heavy atom. The van der Waals surface area contributed by atoms with Crippen LogP contribution in [-0.4, -0.2) is 79.2 Å².